The van der Waals surface area contributed by atoms with Gasteiger partial charge in [0.15, 0.2) is 9.84 Å². The van der Waals surface area contributed by atoms with Crippen LogP contribution in [0.3, 0.4) is 0 Å². The van der Waals surface area contributed by atoms with Crippen molar-refractivity contribution >= 4 is 19.9 Å². The van der Waals surface area contributed by atoms with Crippen molar-refractivity contribution < 1.29 is 16.8 Å². The van der Waals surface area contributed by atoms with E-state index in [4.69, 9.17) is 0 Å². The fourth-order valence-corrected chi connectivity index (χ4v) is 6.69. The number of aryl methyl sites for hydroxylation is 2. The van der Waals surface area contributed by atoms with Crippen LogP contribution < -0.4 is 4.72 Å². The third-order valence-electron chi connectivity index (χ3n) is 5.04. The summed E-state index contributed by atoms with van der Waals surface area (Å²) >= 11 is 0. The van der Waals surface area contributed by atoms with E-state index in [2.05, 4.69) is 4.72 Å². The molecular formula is C17H25NO4S2. The molecule has 1 aromatic carbocycles. The van der Waals surface area contributed by atoms with E-state index in [9.17, 15) is 16.8 Å². The Morgan fingerprint density at radius 3 is 2.58 bits per heavy atom. The van der Waals surface area contributed by atoms with Gasteiger partial charge >= 0.3 is 0 Å². The van der Waals surface area contributed by atoms with Crippen molar-refractivity contribution in [3.63, 3.8) is 0 Å². The normalized spacial score (nSPS) is 23.1. The fourth-order valence-electron chi connectivity index (χ4n) is 3.66. The van der Waals surface area contributed by atoms with Gasteiger partial charge in [0.1, 0.15) is 0 Å². The number of hydrogen-bond acceptors (Lipinski definition) is 4. The molecule has 0 amide bonds. The molecule has 1 atom stereocenters. The van der Waals surface area contributed by atoms with Crippen molar-refractivity contribution in [2.24, 2.45) is 5.92 Å². The highest BCUT2D eigenvalue weighted by Gasteiger charge is 2.27. The minimum absolute atomic E-state index is 0.184. The maximum atomic E-state index is 12.4. The number of benzene rings is 1. The molecule has 0 spiro atoms. The Labute approximate surface area is 144 Å². The summed E-state index contributed by atoms with van der Waals surface area (Å²) in [5, 5.41) is 0. The minimum atomic E-state index is -3.48. The van der Waals surface area contributed by atoms with Crippen LogP contribution in [0, 0.1) is 5.92 Å². The fraction of sp³-hybridized carbons (Fsp3) is 0.647. The topological polar surface area (TPSA) is 80.3 Å². The van der Waals surface area contributed by atoms with Gasteiger partial charge in [0.2, 0.25) is 10.0 Å². The average molecular weight is 372 g/mol. The molecule has 1 aromatic rings. The van der Waals surface area contributed by atoms with E-state index < -0.39 is 19.9 Å². The van der Waals surface area contributed by atoms with Crippen molar-refractivity contribution in [3.8, 4) is 0 Å². The zero-order chi connectivity index (χ0) is 17.2. The highest BCUT2D eigenvalue weighted by Crippen LogP contribution is 2.25. The second-order valence-electron chi connectivity index (χ2n) is 6.95. The highest BCUT2D eigenvalue weighted by atomic mass is 32.2. The Bertz CT molecular complexity index is 800. The van der Waals surface area contributed by atoms with Crippen LogP contribution in [-0.4, -0.2) is 34.9 Å². The highest BCUT2D eigenvalue weighted by molar-refractivity contribution is 7.91. The molecular weight excluding hydrogens is 346 g/mol. The van der Waals surface area contributed by atoms with Gasteiger partial charge < -0.3 is 0 Å². The van der Waals surface area contributed by atoms with Crippen LogP contribution in [0.5, 0.6) is 0 Å². The van der Waals surface area contributed by atoms with E-state index in [0.717, 1.165) is 31.2 Å². The average Bonchev–Trinajstić information content (AvgIpc) is 2.90. The minimum Gasteiger partial charge on any atom is -0.229 e. The molecule has 1 heterocycles. The zero-order valence-electron chi connectivity index (χ0n) is 13.8. The predicted molar refractivity (Wildman–Crippen MR) is 94.3 cm³/mol. The van der Waals surface area contributed by atoms with Crippen LogP contribution in [0.15, 0.2) is 23.1 Å². The van der Waals surface area contributed by atoms with E-state index in [1.165, 1.54) is 12.0 Å². The first-order valence-electron chi connectivity index (χ1n) is 8.68. The molecule has 24 heavy (non-hydrogen) atoms. The number of sulfone groups is 1. The molecule has 1 aliphatic heterocycles. The standard InChI is InChI=1S/C17H25NO4S2/c19-23(20)11-9-14(13-23)4-3-10-18-24(21,22)17-8-7-15-5-1-2-6-16(15)12-17/h7-8,12,14,18H,1-6,9-11,13H2. The second-order valence-corrected chi connectivity index (χ2v) is 10.9. The van der Waals surface area contributed by atoms with Gasteiger partial charge in [-0.15, -0.1) is 0 Å². The molecule has 0 saturated carbocycles. The molecule has 7 heteroatoms. The summed E-state index contributed by atoms with van der Waals surface area (Å²) in [6.07, 6.45) is 6.42. The van der Waals surface area contributed by atoms with E-state index in [1.807, 2.05) is 6.07 Å². The van der Waals surface area contributed by atoms with Gasteiger partial charge in [-0.3, -0.25) is 0 Å². The van der Waals surface area contributed by atoms with Crippen LogP contribution in [0.2, 0.25) is 0 Å². The second kappa shape index (κ2) is 7.14. The molecule has 1 aliphatic carbocycles. The summed E-state index contributed by atoms with van der Waals surface area (Å²) in [6, 6.07) is 5.43. The van der Waals surface area contributed by atoms with Crippen molar-refractivity contribution in [1.29, 1.82) is 0 Å². The van der Waals surface area contributed by atoms with Gasteiger partial charge in [-0.05, 0) is 74.1 Å². The Morgan fingerprint density at radius 1 is 1.12 bits per heavy atom. The van der Waals surface area contributed by atoms with Gasteiger partial charge in [-0.2, -0.15) is 0 Å². The molecule has 1 unspecified atom stereocenters. The Balaban J connectivity index is 1.53. The third kappa shape index (κ3) is 4.37. The molecule has 1 saturated heterocycles. The van der Waals surface area contributed by atoms with Crippen molar-refractivity contribution in [3.05, 3.63) is 29.3 Å². The smallest absolute Gasteiger partial charge is 0.229 e. The SMILES string of the molecule is O=S1(=O)CCC(CCCNS(=O)(=O)c2ccc3c(c2)CCCC3)C1. The molecule has 1 N–H and O–H groups in total. The van der Waals surface area contributed by atoms with Gasteiger partial charge in [0.05, 0.1) is 16.4 Å². The van der Waals surface area contributed by atoms with Crippen molar-refractivity contribution in [2.45, 2.75) is 49.8 Å². The van der Waals surface area contributed by atoms with Gasteiger partial charge in [-0.25, -0.2) is 21.6 Å². The lowest BCUT2D eigenvalue weighted by molar-refractivity contribution is 0.512. The number of hydrogen-bond donors (Lipinski definition) is 1. The molecule has 1 fully saturated rings. The zero-order valence-corrected chi connectivity index (χ0v) is 15.5. The Kier molecular flexibility index (Phi) is 5.32. The molecule has 5 nitrogen and oxygen atoms in total. The first-order valence-corrected chi connectivity index (χ1v) is 12.0. The van der Waals surface area contributed by atoms with Gasteiger partial charge in [0, 0.05) is 6.54 Å². The Morgan fingerprint density at radius 2 is 1.88 bits per heavy atom. The monoisotopic (exact) mass is 371 g/mol. The van der Waals surface area contributed by atoms with E-state index >= 15 is 0 Å². The van der Waals surface area contributed by atoms with E-state index in [1.54, 1.807) is 12.1 Å². The van der Waals surface area contributed by atoms with Crippen LogP contribution >= 0.6 is 0 Å². The molecule has 0 aromatic heterocycles. The summed E-state index contributed by atoms with van der Waals surface area (Å²) in [6.45, 7) is 0.357. The number of sulfonamides is 1. The Hall–Kier alpha value is -0.920. The third-order valence-corrected chi connectivity index (χ3v) is 8.33. The lowest BCUT2D eigenvalue weighted by Gasteiger charge is -2.17. The summed E-state index contributed by atoms with van der Waals surface area (Å²) in [7, 11) is -6.33. The summed E-state index contributed by atoms with van der Waals surface area (Å²) < 4.78 is 50.3. The lowest BCUT2D eigenvalue weighted by atomic mass is 9.92. The molecule has 2 aliphatic rings. The molecule has 134 valence electrons. The maximum Gasteiger partial charge on any atom is 0.240 e. The van der Waals surface area contributed by atoms with Gasteiger partial charge in [0.25, 0.3) is 0 Å². The van der Waals surface area contributed by atoms with Crippen molar-refractivity contribution in [1.82, 2.24) is 4.72 Å². The number of nitrogens with one attached hydrogen (secondary N) is 1. The molecule has 0 bridgehead atoms. The van der Waals surface area contributed by atoms with Crippen LogP contribution in [0.25, 0.3) is 0 Å². The molecule has 0 radical (unpaired) electrons. The summed E-state index contributed by atoms with van der Waals surface area (Å²) in [5.41, 5.74) is 2.42. The first-order chi connectivity index (χ1) is 11.4. The van der Waals surface area contributed by atoms with E-state index in [0.29, 0.717) is 24.3 Å². The van der Waals surface area contributed by atoms with Crippen LogP contribution in [-0.2, 0) is 32.7 Å². The number of fused-ring (bicyclic) bond motifs is 1. The quantitative estimate of drug-likeness (QED) is 0.776. The summed E-state index contributed by atoms with van der Waals surface area (Å²) in [4.78, 5) is 0.339. The first kappa shape index (κ1) is 17.9. The molecule has 3 rings (SSSR count). The largest absolute Gasteiger partial charge is 0.240 e. The van der Waals surface area contributed by atoms with E-state index in [-0.39, 0.29) is 17.4 Å². The number of rotatable bonds is 6. The van der Waals surface area contributed by atoms with Crippen LogP contribution in [0.1, 0.15) is 43.2 Å². The maximum absolute atomic E-state index is 12.4. The van der Waals surface area contributed by atoms with Gasteiger partial charge in [-0.1, -0.05) is 6.07 Å². The lowest BCUT2D eigenvalue weighted by Crippen LogP contribution is -2.25. The summed E-state index contributed by atoms with van der Waals surface area (Å²) in [5.74, 6) is 0.714. The van der Waals surface area contributed by atoms with Crippen molar-refractivity contribution in [2.75, 3.05) is 18.1 Å². The predicted octanol–water partition coefficient (Wildman–Crippen LogP) is 2.06. The van der Waals surface area contributed by atoms with Crippen LogP contribution in [0.4, 0.5) is 0 Å².